The predicted molar refractivity (Wildman–Crippen MR) is 69.9 cm³/mol. The first-order valence-corrected chi connectivity index (χ1v) is 6.57. The van der Waals surface area contributed by atoms with Crippen molar-refractivity contribution in [1.82, 2.24) is 10.2 Å². The minimum atomic E-state index is 0.348. The molecule has 4 nitrogen and oxygen atoms in total. The normalized spacial score (nSPS) is 27.4. The van der Waals surface area contributed by atoms with E-state index in [2.05, 4.69) is 36.2 Å². The van der Waals surface area contributed by atoms with Crippen LogP contribution in [-0.4, -0.2) is 36.9 Å². The highest BCUT2D eigenvalue weighted by molar-refractivity contribution is 5.44. The highest BCUT2D eigenvalue weighted by Gasteiger charge is 2.21. The van der Waals surface area contributed by atoms with Crippen molar-refractivity contribution in [2.75, 3.05) is 19.9 Å². The Morgan fingerprint density at radius 1 is 1.17 bits per heavy atom. The first-order valence-electron chi connectivity index (χ1n) is 6.57. The topological polar surface area (TPSA) is 33.7 Å². The van der Waals surface area contributed by atoms with Crippen LogP contribution >= 0.6 is 0 Å². The minimum absolute atomic E-state index is 0.348. The van der Waals surface area contributed by atoms with E-state index < -0.39 is 0 Å². The van der Waals surface area contributed by atoms with Crippen LogP contribution in [0.15, 0.2) is 18.2 Å². The van der Waals surface area contributed by atoms with E-state index in [0.29, 0.717) is 18.9 Å². The lowest BCUT2D eigenvalue weighted by molar-refractivity contribution is 0.166. The van der Waals surface area contributed by atoms with Crippen LogP contribution in [0.25, 0.3) is 0 Å². The lowest BCUT2D eigenvalue weighted by atomic mass is 10.1. The van der Waals surface area contributed by atoms with Gasteiger partial charge in [0.2, 0.25) is 6.79 Å². The van der Waals surface area contributed by atoms with Crippen LogP contribution in [0.4, 0.5) is 0 Å². The number of nitrogens with zero attached hydrogens (tertiary/aromatic N) is 1. The number of nitrogens with one attached hydrogen (secondary N) is 1. The summed E-state index contributed by atoms with van der Waals surface area (Å²) in [6, 6.07) is 7.35. The SMILES string of the molecule is CC1CN(Cc2ccc3c(c2)OCO3)CC(C)N1. The molecule has 2 atom stereocenters. The van der Waals surface area contributed by atoms with Crippen LogP contribution in [0.3, 0.4) is 0 Å². The molecule has 0 aromatic heterocycles. The van der Waals surface area contributed by atoms with Gasteiger partial charge in [-0.15, -0.1) is 0 Å². The van der Waals surface area contributed by atoms with E-state index in [1.807, 2.05) is 6.07 Å². The summed E-state index contributed by atoms with van der Waals surface area (Å²) in [5.41, 5.74) is 1.29. The number of benzene rings is 1. The van der Waals surface area contributed by atoms with Crippen molar-refractivity contribution in [2.24, 2.45) is 0 Å². The Morgan fingerprint density at radius 2 is 1.89 bits per heavy atom. The summed E-state index contributed by atoms with van der Waals surface area (Å²) < 4.78 is 10.7. The van der Waals surface area contributed by atoms with Crippen molar-refractivity contribution in [3.05, 3.63) is 23.8 Å². The van der Waals surface area contributed by atoms with Crippen LogP contribution < -0.4 is 14.8 Å². The third-order valence-corrected chi connectivity index (χ3v) is 3.48. The van der Waals surface area contributed by atoms with Gasteiger partial charge in [0.15, 0.2) is 11.5 Å². The first-order chi connectivity index (χ1) is 8.70. The molecule has 3 rings (SSSR count). The minimum Gasteiger partial charge on any atom is -0.454 e. The number of hydrogen-bond acceptors (Lipinski definition) is 4. The number of rotatable bonds is 2. The van der Waals surface area contributed by atoms with Crippen LogP contribution in [0, 0.1) is 0 Å². The molecule has 1 aromatic carbocycles. The Labute approximate surface area is 108 Å². The van der Waals surface area contributed by atoms with E-state index in [9.17, 15) is 0 Å². The Balaban J connectivity index is 1.69. The number of ether oxygens (including phenoxy) is 2. The molecule has 0 saturated carbocycles. The van der Waals surface area contributed by atoms with E-state index in [0.717, 1.165) is 31.1 Å². The van der Waals surface area contributed by atoms with E-state index in [-0.39, 0.29) is 0 Å². The van der Waals surface area contributed by atoms with Crippen molar-refractivity contribution < 1.29 is 9.47 Å². The van der Waals surface area contributed by atoms with Crippen LogP contribution in [0.1, 0.15) is 19.4 Å². The molecule has 1 fully saturated rings. The fourth-order valence-electron chi connectivity index (χ4n) is 2.87. The number of fused-ring (bicyclic) bond motifs is 1. The van der Waals surface area contributed by atoms with Gasteiger partial charge in [-0.1, -0.05) is 6.07 Å². The third kappa shape index (κ3) is 2.44. The summed E-state index contributed by atoms with van der Waals surface area (Å²) in [6.45, 7) is 8.00. The zero-order valence-corrected chi connectivity index (χ0v) is 11.0. The average molecular weight is 248 g/mol. The van der Waals surface area contributed by atoms with Crippen molar-refractivity contribution in [3.8, 4) is 11.5 Å². The third-order valence-electron chi connectivity index (χ3n) is 3.48. The molecular formula is C14H20N2O2. The molecule has 1 N–H and O–H groups in total. The van der Waals surface area contributed by atoms with Gasteiger partial charge in [0.05, 0.1) is 0 Å². The van der Waals surface area contributed by atoms with Gasteiger partial charge in [-0.2, -0.15) is 0 Å². The van der Waals surface area contributed by atoms with Crippen molar-refractivity contribution in [2.45, 2.75) is 32.5 Å². The second-order valence-electron chi connectivity index (χ2n) is 5.35. The maximum absolute atomic E-state index is 5.42. The van der Waals surface area contributed by atoms with Crippen molar-refractivity contribution in [1.29, 1.82) is 0 Å². The van der Waals surface area contributed by atoms with E-state index >= 15 is 0 Å². The van der Waals surface area contributed by atoms with Gasteiger partial charge < -0.3 is 14.8 Å². The standard InChI is InChI=1S/C14H20N2O2/c1-10-6-16(7-11(2)15-10)8-12-3-4-13-14(5-12)18-9-17-13/h3-5,10-11,15H,6-9H2,1-2H3. The monoisotopic (exact) mass is 248 g/mol. The molecule has 2 aliphatic rings. The molecule has 2 heterocycles. The highest BCUT2D eigenvalue weighted by atomic mass is 16.7. The van der Waals surface area contributed by atoms with Gasteiger partial charge in [-0.05, 0) is 31.5 Å². The quantitative estimate of drug-likeness (QED) is 0.862. The average Bonchev–Trinajstić information content (AvgIpc) is 2.74. The first kappa shape index (κ1) is 11.8. The summed E-state index contributed by atoms with van der Waals surface area (Å²) in [4.78, 5) is 2.49. The van der Waals surface area contributed by atoms with E-state index in [4.69, 9.17) is 9.47 Å². The molecule has 0 bridgehead atoms. The Morgan fingerprint density at radius 3 is 2.67 bits per heavy atom. The molecule has 4 heteroatoms. The second-order valence-corrected chi connectivity index (χ2v) is 5.35. The summed E-state index contributed by atoms with van der Waals surface area (Å²) >= 11 is 0. The number of hydrogen-bond donors (Lipinski definition) is 1. The lowest BCUT2D eigenvalue weighted by Crippen LogP contribution is -2.53. The largest absolute Gasteiger partial charge is 0.454 e. The predicted octanol–water partition coefficient (Wildman–Crippen LogP) is 1.60. The Hall–Kier alpha value is -1.26. The molecule has 1 saturated heterocycles. The van der Waals surface area contributed by atoms with Gasteiger partial charge in [-0.3, -0.25) is 4.90 Å². The molecule has 0 spiro atoms. The van der Waals surface area contributed by atoms with Gasteiger partial charge in [0.25, 0.3) is 0 Å². The molecule has 1 aromatic rings. The molecular weight excluding hydrogens is 228 g/mol. The van der Waals surface area contributed by atoms with E-state index in [1.165, 1.54) is 5.56 Å². The summed E-state index contributed by atoms with van der Waals surface area (Å²) in [7, 11) is 0. The van der Waals surface area contributed by atoms with Crippen molar-refractivity contribution >= 4 is 0 Å². The zero-order chi connectivity index (χ0) is 12.5. The molecule has 0 amide bonds. The molecule has 98 valence electrons. The molecule has 2 unspecified atom stereocenters. The molecule has 2 aliphatic heterocycles. The zero-order valence-electron chi connectivity index (χ0n) is 11.0. The van der Waals surface area contributed by atoms with Crippen molar-refractivity contribution in [3.63, 3.8) is 0 Å². The highest BCUT2D eigenvalue weighted by Crippen LogP contribution is 2.32. The van der Waals surface area contributed by atoms with Gasteiger partial charge in [0.1, 0.15) is 0 Å². The summed E-state index contributed by atoms with van der Waals surface area (Å²) in [5.74, 6) is 1.74. The van der Waals surface area contributed by atoms with Crippen LogP contribution in [0.5, 0.6) is 11.5 Å². The Bertz CT molecular complexity index is 426. The van der Waals surface area contributed by atoms with Gasteiger partial charge in [-0.25, -0.2) is 0 Å². The molecule has 0 radical (unpaired) electrons. The maximum Gasteiger partial charge on any atom is 0.231 e. The van der Waals surface area contributed by atoms with Gasteiger partial charge >= 0.3 is 0 Å². The smallest absolute Gasteiger partial charge is 0.231 e. The fraction of sp³-hybridized carbons (Fsp3) is 0.571. The van der Waals surface area contributed by atoms with E-state index in [1.54, 1.807) is 0 Å². The second kappa shape index (κ2) is 4.78. The summed E-state index contributed by atoms with van der Waals surface area (Å²) in [5, 5.41) is 3.55. The molecule has 18 heavy (non-hydrogen) atoms. The summed E-state index contributed by atoms with van der Waals surface area (Å²) in [6.07, 6.45) is 0. The Kier molecular flexibility index (Phi) is 3.14. The fourth-order valence-corrected chi connectivity index (χ4v) is 2.87. The lowest BCUT2D eigenvalue weighted by Gasteiger charge is -2.36. The van der Waals surface area contributed by atoms with Crippen LogP contribution in [0.2, 0.25) is 0 Å². The maximum atomic E-state index is 5.42. The molecule has 0 aliphatic carbocycles. The number of piperazine rings is 1. The van der Waals surface area contributed by atoms with Crippen LogP contribution in [-0.2, 0) is 6.54 Å². The van der Waals surface area contributed by atoms with Gasteiger partial charge in [0, 0.05) is 31.7 Å².